The van der Waals surface area contributed by atoms with Gasteiger partial charge in [0.2, 0.25) is 0 Å². The predicted molar refractivity (Wildman–Crippen MR) is 102 cm³/mol. The Labute approximate surface area is 159 Å². The number of aryl methyl sites for hydroxylation is 1. The van der Waals surface area contributed by atoms with Crippen LogP contribution in [0.1, 0.15) is 46.7 Å². The minimum atomic E-state index is -0.453. The normalized spacial score (nSPS) is 25.6. The summed E-state index contributed by atoms with van der Waals surface area (Å²) in [6, 6.07) is 8.44. The van der Waals surface area contributed by atoms with E-state index in [0.29, 0.717) is 6.54 Å². The van der Waals surface area contributed by atoms with Gasteiger partial charge in [0.25, 0.3) is 5.91 Å². The van der Waals surface area contributed by atoms with Crippen LogP contribution < -0.4 is 10.9 Å². The van der Waals surface area contributed by atoms with Crippen LogP contribution in [0.5, 0.6) is 0 Å². The molecule has 2 aromatic rings. The topological polar surface area (TPSA) is 57.3 Å². The third-order valence-corrected chi connectivity index (χ3v) is 5.82. The summed E-state index contributed by atoms with van der Waals surface area (Å²) in [6.45, 7) is 3.53. The maximum Gasteiger partial charge on any atom is 0.257 e. The van der Waals surface area contributed by atoms with Crippen molar-refractivity contribution in [2.24, 2.45) is 0 Å². The minimum Gasteiger partial charge on any atom is -0.334 e. The fourth-order valence-corrected chi connectivity index (χ4v) is 4.45. The number of nitrogens with zero attached hydrogens (tertiary/aromatic N) is 2. The number of carbonyl (C=O) groups is 1. The van der Waals surface area contributed by atoms with Crippen molar-refractivity contribution in [3.8, 4) is 0 Å². The van der Waals surface area contributed by atoms with Gasteiger partial charge in [0, 0.05) is 43.5 Å². The molecule has 2 N–H and O–H groups in total. The number of halogens is 1. The van der Waals surface area contributed by atoms with E-state index < -0.39 is 5.82 Å². The summed E-state index contributed by atoms with van der Waals surface area (Å²) in [5.74, 6) is -0.422. The number of nitrogens with one attached hydrogen (secondary N) is 2. The molecule has 0 aliphatic carbocycles. The highest BCUT2D eigenvalue weighted by atomic mass is 19.1. The summed E-state index contributed by atoms with van der Waals surface area (Å²) < 4.78 is 14.2. The lowest BCUT2D eigenvalue weighted by Gasteiger charge is -2.41. The summed E-state index contributed by atoms with van der Waals surface area (Å²) in [5, 5.41) is 0. The molecule has 27 heavy (non-hydrogen) atoms. The molecule has 0 bridgehead atoms. The van der Waals surface area contributed by atoms with Gasteiger partial charge in [-0.2, -0.15) is 0 Å². The second kappa shape index (κ2) is 7.74. The van der Waals surface area contributed by atoms with E-state index in [1.807, 2.05) is 17.3 Å². The van der Waals surface area contributed by atoms with E-state index in [0.717, 1.165) is 31.4 Å². The molecule has 3 unspecified atom stereocenters. The van der Waals surface area contributed by atoms with Crippen molar-refractivity contribution in [3.63, 3.8) is 0 Å². The first-order valence-corrected chi connectivity index (χ1v) is 9.61. The first-order chi connectivity index (χ1) is 13.2. The molecule has 0 radical (unpaired) electrons. The van der Waals surface area contributed by atoms with Crippen LogP contribution in [0.3, 0.4) is 0 Å². The molecule has 1 aromatic heterocycles. The first kappa shape index (κ1) is 18.1. The van der Waals surface area contributed by atoms with E-state index in [1.54, 1.807) is 18.2 Å². The molecule has 142 valence electrons. The predicted octanol–water partition coefficient (Wildman–Crippen LogP) is 2.78. The lowest BCUT2D eigenvalue weighted by atomic mass is 9.83. The Morgan fingerprint density at radius 1 is 1.26 bits per heavy atom. The maximum atomic E-state index is 14.2. The minimum absolute atomic E-state index is 0.0263. The Balaban J connectivity index is 1.63. The number of hydrogen-bond donors (Lipinski definition) is 2. The molecule has 3 atom stereocenters. The second-order valence-electron chi connectivity index (χ2n) is 7.43. The number of hydrazine groups is 1. The fourth-order valence-electron chi connectivity index (χ4n) is 4.45. The molecule has 1 aromatic carbocycles. The molecule has 2 saturated heterocycles. The summed E-state index contributed by atoms with van der Waals surface area (Å²) >= 11 is 0. The molecule has 2 aliphatic heterocycles. The van der Waals surface area contributed by atoms with Crippen molar-refractivity contribution in [3.05, 3.63) is 65.2 Å². The zero-order chi connectivity index (χ0) is 18.8. The van der Waals surface area contributed by atoms with Gasteiger partial charge < -0.3 is 4.90 Å². The zero-order valence-electron chi connectivity index (χ0n) is 15.5. The van der Waals surface area contributed by atoms with Crippen LogP contribution in [-0.2, 0) is 0 Å². The Kier molecular flexibility index (Phi) is 5.18. The van der Waals surface area contributed by atoms with E-state index in [1.165, 1.54) is 11.6 Å². The molecule has 3 heterocycles. The Bertz CT molecular complexity index is 827. The number of hydrogen-bond acceptors (Lipinski definition) is 4. The molecular weight excluding hydrogens is 343 g/mol. The molecular formula is C21H25FN4O. The van der Waals surface area contributed by atoms with Crippen LogP contribution in [-0.4, -0.2) is 41.0 Å². The van der Waals surface area contributed by atoms with Gasteiger partial charge in [0.15, 0.2) is 0 Å². The number of rotatable bonds is 3. The van der Waals surface area contributed by atoms with E-state index in [2.05, 4.69) is 28.8 Å². The molecule has 5 nitrogen and oxygen atoms in total. The van der Waals surface area contributed by atoms with Crippen molar-refractivity contribution in [2.75, 3.05) is 13.1 Å². The van der Waals surface area contributed by atoms with E-state index >= 15 is 0 Å². The number of aromatic nitrogens is 1. The van der Waals surface area contributed by atoms with Gasteiger partial charge in [-0.3, -0.25) is 20.6 Å². The highest BCUT2D eigenvalue weighted by molar-refractivity contribution is 5.94. The van der Waals surface area contributed by atoms with Crippen LogP contribution in [0, 0.1) is 12.7 Å². The largest absolute Gasteiger partial charge is 0.334 e. The van der Waals surface area contributed by atoms with E-state index in [-0.39, 0.29) is 29.5 Å². The van der Waals surface area contributed by atoms with Gasteiger partial charge in [0.1, 0.15) is 5.82 Å². The summed E-state index contributed by atoms with van der Waals surface area (Å²) in [5.41, 5.74) is 9.23. The smallest absolute Gasteiger partial charge is 0.257 e. The van der Waals surface area contributed by atoms with Gasteiger partial charge in [-0.1, -0.05) is 12.1 Å². The monoisotopic (exact) mass is 368 g/mol. The van der Waals surface area contributed by atoms with Gasteiger partial charge in [-0.15, -0.1) is 0 Å². The lowest BCUT2D eigenvalue weighted by Crippen LogP contribution is -2.55. The summed E-state index contributed by atoms with van der Waals surface area (Å²) in [6.07, 6.45) is 6.65. The van der Waals surface area contributed by atoms with Crippen molar-refractivity contribution in [1.82, 2.24) is 20.7 Å². The molecule has 2 aliphatic rings. The SMILES string of the molecule is Cc1cnccc1C1CNNC1C1CCCCN1C(=O)c1ccccc1F. The Morgan fingerprint density at radius 3 is 2.93 bits per heavy atom. The van der Waals surface area contributed by atoms with Crippen LogP contribution in [0.4, 0.5) is 4.39 Å². The number of carbonyl (C=O) groups excluding carboxylic acids is 1. The summed E-state index contributed by atoms with van der Waals surface area (Å²) in [4.78, 5) is 19.2. The third kappa shape index (κ3) is 3.47. The van der Waals surface area contributed by atoms with E-state index in [4.69, 9.17) is 0 Å². The quantitative estimate of drug-likeness (QED) is 0.875. The average molecular weight is 368 g/mol. The maximum absolute atomic E-state index is 14.2. The first-order valence-electron chi connectivity index (χ1n) is 9.61. The number of likely N-dealkylation sites (tertiary alicyclic amines) is 1. The van der Waals surface area contributed by atoms with Crippen LogP contribution >= 0.6 is 0 Å². The van der Waals surface area contributed by atoms with E-state index in [9.17, 15) is 9.18 Å². The highest BCUT2D eigenvalue weighted by Gasteiger charge is 2.41. The van der Waals surface area contributed by atoms with Crippen LogP contribution in [0.15, 0.2) is 42.7 Å². The van der Waals surface area contributed by atoms with Gasteiger partial charge in [-0.05, 0) is 55.5 Å². The highest BCUT2D eigenvalue weighted by Crippen LogP contribution is 2.32. The fraction of sp³-hybridized carbons (Fsp3) is 0.429. The van der Waals surface area contributed by atoms with Gasteiger partial charge in [0.05, 0.1) is 5.56 Å². The van der Waals surface area contributed by atoms with Crippen LogP contribution in [0.2, 0.25) is 0 Å². The third-order valence-electron chi connectivity index (χ3n) is 5.82. The van der Waals surface area contributed by atoms with Gasteiger partial charge >= 0.3 is 0 Å². The standard InChI is InChI=1S/C21H25FN4O/c1-14-12-23-10-9-15(14)17-13-24-25-20(17)19-8-4-5-11-26(19)21(27)16-6-2-3-7-18(16)22/h2-3,6-7,9-10,12,17,19-20,24-25H,4-5,8,11,13H2,1H3. The molecule has 4 rings (SSSR count). The number of amides is 1. The van der Waals surface area contributed by atoms with Crippen LogP contribution in [0.25, 0.3) is 0 Å². The molecule has 0 spiro atoms. The molecule has 2 fully saturated rings. The van der Waals surface area contributed by atoms with Crippen molar-refractivity contribution in [2.45, 2.75) is 44.2 Å². The lowest BCUT2D eigenvalue weighted by molar-refractivity contribution is 0.0546. The second-order valence-corrected chi connectivity index (χ2v) is 7.43. The molecule has 0 saturated carbocycles. The molecule has 1 amide bonds. The van der Waals surface area contributed by atoms with Crippen molar-refractivity contribution in [1.29, 1.82) is 0 Å². The number of benzene rings is 1. The number of pyridine rings is 1. The Morgan fingerprint density at radius 2 is 2.11 bits per heavy atom. The van der Waals surface area contributed by atoms with Crippen molar-refractivity contribution >= 4 is 5.91 Å². The van der Waals surface area contributed by atoms with Crippen molar-refractivity contribution < 1.29 is 9.18 Å². The van der Waals surface area contributed by atoms with Gasteiger partial charge in [-0.25, -0.2) is 4.39 Å². The average Bonchev–Trinajstić information content (AvgIpc) is 3.17. The summed E-state index contributed by atoms with van der Waals surface area (Å²) in [7, 11) is 0. The zero-order valence-corrected chi connectivity index (χ0v) is 15.5. The molecule has 6 heteroatoms. The Hall–Kier alpha value is -2.31. The number of piperidine rings is 1.